The highest BCUT2D eigenvalue weighted by Gasteiger charge is 2.13. The molecule has 1 aromatic heterocycles. The maximum atomic E-state index is 5.68. The molecule has 1 atom stereocenters. The van der Waals surface area contributed by atoms with Crippen LogP contribution in [0.1, 0.15) is 35.5 Å². The Morgan fingerprint density at radius 2 is 1.90 bits per heavy atom. The smallest absolute Gasteiger partial charge is 0.230 e. The minimum Gasteiger partial charge on any atom is -0.424 e. The Labute approximate surface area is 126 Å². The Bertz CT molecular complexity index is 723. The summed E-state index contributed by atoms with van der Waals surface area (Å²) in [5.74, 6) is 1.32. The summed E-state index contributed by atoms with van der Waals surface area (Å²) in [7, 11) is 0. The molecule has 0 N–H and O–H groups in total. The van der Waals surface area contributed by atoms with Crippen LogP contribution in [0.15, 0.2) is 46.9 Å². The van der Waals surface area contributed by atoms with Crippen LogP contribution in [-0.2, 0) is 6.42 Å². The van der Waals surface area contributed by atoms with Crippen LogP contribution in [0.2, 0.25) is 0 Å². The largest absolute Gasteiger partial charge is 0.424 e. The SMILES string of the molecule is CCC(Br)c1nnc(Cc2ccc3ccccc3c2)o1. The molecule has 0 aliphatic rings. The van der Waals surface area contributed by atoms with Crippen LogP contribution in [0.25, 0.3) is 10.8 Å². The first-order chi connectivity index (χ1) is 9.76. The van der Waals surface area contributed by atoms with E-state index in [9.17, 15) is 0 Å². The van der Waals surface area contributed by atoms with Crippen molar-refractivity contribution in [1.29, 1.82) is 0 Å². The summed E-state index contributed by atoms with van der Waals surface area (Å²) in [6, 6.07) is 14.7. The van der Waals surface area contributed by atoms with Gasteiger partial charge in [-0.2, -0.15) is 0 Å². The first kappa shape index (κ1) is 13.3. The van der Waals surface area contributed by atoms with Crippen molar-refractivity contribution in [2.75, 3.05) is 0 Å². The average Bonchev–Trinajstić information content (AvgIpc) is 2.95. The van der Waals surface area contributed by atoms with E-state index < -0.39 is 0 Å². The van der Waals surface area contributed by atoms with Crippen LogP contribution < -0.4 is 0 Å². The molecule has 102 valence electrons. The van der Waals surface area contributed by atoms with Gasteiger partial charge in [0.2, 0.25) is 11.8 Å². The summed E-state index contributed by atoms with van der Waals surface area (Å²) in [4.78, 5) is 0.139. The second-order valence-corrected chi connectivity index (χ2v) is 5.87. The van der Waals surface area contributed by atoms with E-state index in [2.05, 4.69) is 63.4 Å². The Morgan fingerprint density at radius 1 is 1.10 bits per heavy atom. The summed E-state index contributed by atoms with van der Waals surface area (Å²) in [5, 5.41) is 10.7. The summed E-state index contributed by atoms with van der Waals surface area (Å²) in [6.45, 7) is 2.08. The molecule has 1 heterocycles. The number of nitrogens with zero attached hydrogens (tertiary/aromatic N) is 2. The van der Waals surface area contributed by atoms with Crippen LogP contribution in [-0.4, -0.2) is 10.2 Å². The van der Waals surface area contributed by atoms with Crippen molar-refractivity contribution in [2.24, 2.45) is 0 Å². The molecular formula is C16H15BrN2O. The molecule has 0 bridgehead atoms. The minimum absolute atomic E-state index is 0.139. The maximum Gasteiger partial charge on any atom is 0.230 e. The molecule has 3 nitrogen and oxygen atoms in total. The zero-order valence-corrected chi connectivity index (χ0v) is 12.8. The lowest BCUT2D eigenvalue weighted by Crippen LogP contribution is -1.88. The minimum atomic E-state index is 0.139. The summed E-state index contributed by atoms with van der Waals surface area (Å²) < 4.78 is 5.68. The van der Waals surface area contributed by atoms with Crippen molar-refractivity contribution in [3.8, 4) is 0 Å². The van der Waals surface area contributed by atoms with Crippen molar-refractivity contribution in [1.82, 2.24) is 10.2 Å². The predicted molar refractivity (Wildman–Crippen MR) is 83.0 cm³/mol. The molecule has 20 heavy (non-hydrogen) atoms. The number of aromatic nitrogens is 2. The Balaban J connectivity index is 1.83. The van der Waals surface area contributed by atoms with Gasteiger partial charge in [0.15, 0.2) is 0 Å². The highest BCUT2D eigenvalue weighted by molar-refractivity contribution is 9.09. The Kier molecular flexibility index (Phi) is 3.83. The second kappa shape index (κ2) is 5.75. The number of halogens is 1. The standard InChI is InChI=1S/C16H15BrN2O/c1-2-14(17)16-19-18-15(20-16)10-11-7-8-12-5-3-4-6-13(12)9-11/h3-9,14H,2,10H2,1H3. The molecule has 1 unspecified atom stereocenters. The molecule has 3 aromatic rings. The van der Waals surface area contributed by atoms with E-state index in [1.54, 1.807) is 0 Å². The van der Waals surface area contributed by atoms with Gasteiger partial charge in [0, 0.05) is 0 Å². The zero-order chi connectivity index (χ0) is 13.9. The summed E-state index contributed by atoms with van der Waals surface area (Å²) >= 11 is 3.52. The van der Waals surface area contributed by atoms with Crippen LogP contribution in [0, 0.1) is 0 Å². The molecule has 3 rings (SSSR count). The highest BCUT2D eigenvalue weighted by atomic mass is 79.9. The van der Waals surface area contributed by atoms with E-state index in [-0.39, 0.29) is 4.83 Å². The van der Waals surface area contributed by atoms with Crippen LogP contribution in [0.3, 0.4) is 0 Å². The molecule has 4 heteroatoms. The topological polar surface area (TPSA) is 38.9 Å². The van der Waals surface area contributed by atoms with E-state index in [0.29, 0.717) is 18.2 Å². The molecule has 0 aliphatic carbocycles. The monoisotopic (exact) mass is 330 g/mol. The van der Waals surface area contributed by atoms with Crippen molar-refractivity contribution in [3.05, 3.63) is 59.8 Å². The first-order valence-corrected chi connectivity index (χ1v) is 7.62. The van der Waals surface area contributed by atoms with Crippen molar-refractivity contribution in [3.63, 3.8) is 0 Å². The molecule has 0 spiro atoms. The maximum absolute atomic E-state index is 5.68. The summed E-state index contributed by atoms with van der Waals surface area (Å²) in [6.07, 6.45) is 1.60. The van der Waals surface area contributed by atoms with Gasteiger partial charge in [-0.1, -0.05) is 65.3 Å². The van der Waals surface area contributed by atoms with E-state index >= 15 is 0 Å². The van der Waals surface area contributed by atoms with Gasteiger partial charge in [-0.3, -0.25) is 0 Å². The molecule has 0 saturated heterocycles. The fourth-order valence-corrected chi connectivity index (χ4v) is 2.35. The van der Waals surface area contributed by atoms with Gasteiger partial charge in [-0.15, -0.1) is 10.2 Å². The zero-order valence-electron chi connectivity index (χ0n) is 11.2. The fraction of sp³-hybridized carbons (Fsp3) is 0.250. The average molecular weight is 331 g/mol. The molecule has 0 aliphatic heterocycles. The van der Waals surface area contributed by atoms with Crippen molar-refractivity contribution < 1.29 is 4.42 Å². The Morgan fingerprint density at radius 3 is 2.70 bits per heavy atom. The number of fused-ring (bicyclic) bond motifs is 1. The Hall–Kier alpha value is -1.68. The van der Waals surface area contributed by atoms with Crippen LogP contribution in [0.4, 0.5) is 0 Å². The second-order valence-electron chi connectivity index (χ2n) is 4.77. The summed E-state index contributed by atoms with van der Waals surface area (Å²) in [5.41, 5.74) is 1.18. The van der Waals surface area contributed by atoms with Gasteiger partial charge in [0.25, 0.3) is 0 Å². The van der Waals surface area contributed by atoms with E-state index in [4.69, 9.17) is 4.42 Å². The van der Waals surface area contributed by atoms with Crippen LogP contribution in [0.5, 0.6) is 0 Å². The van der Waals surface area contributed by atoms with Gasteiger partial charge in [0.05, 0.1) is 11.2 Å². The molecule has 0 amide bonds. The normalized spacial score (nSPS) is 12.7. The quantitative estimate of drug-likeness (QED) is 0.653. The molecule has 0 saturated carbocycles. The molecular weight excluding hydrogens is 316 g/mol. The van der Waals surface area contributed by atoms with Gasteiger partial charge < -0.3 is 4.42 Å². The number of benzene rings is 2. The fourth-order valence-electron chi connectivity index (χ4n) is 2.16. The van der Waals surface area contributed by atoms with Gasteiger partial charge in [-0.25, -0.2) is 0 Å². The third kappa shape index (κ3) is 2.75. The van der Waals surface area contributed by atoms with Gasteiger partial charge >= 0.3 is 0 Å². The highest BCUT2D eigenvalue weighted by Crippen LogP contribution is 2.25. The first-order valence-electron chi connectivity index (χ1n) is 6.70. The predicted octanol–water partition coefficient (Wildman–Crippen LogP) is 4.66. The van der Waals surface area contributed by atoms with E-state index in [1.807, 2.05) is 12.1 Å². The van der Waals surface area contributed by atoms with Crippen LogP contribution >= 0.6 is 15.9 Å². The van der Waals surface area contributed by atoms with E-state index in [0.717, 1.165) is 6.42 Å². The molecule has 0 fully saturated rings. The lowest BCUT2D eigenvalue weighted by Gasteiger charge is -2.01. The van der Waals surface area contributed by atoms with Gasteiger partial charge in [-0.05, 0) is 22.8 Å². The molecule has 2 aromatic carbocycles. The lowest BCUT2D eigenvalue weighted by atomic mass is 10.1. The molecule has 0 radical (unpaired) electrons. The van der Waals surface area contributed by atoms with Gasteiger partial charge in [0.1, 0.15) is 0 Å². The number of alkyl halides is 1. The lowest BCUT2D eigenvalue weighted by molar-refractivity contribution is 0.454. The van der Waals surface area contributed by atoms with Crippen molar-refractivity contribution >= 4 is 26.7 Å². The van der Waals surface area contributed by atoms with Crippen molar-refractivity contribution in [2.45, 2.75) is 24.6 Å². The number of hydrogen-bond donors (Lipinski definition) is 0. The van der Waals surface area contributed by atoms with E-state index in [1.165, 1.54) is 16.3 Å². The third-order valence-corrected chi connectivity index (χ3v) is 4.32. The number of hydrogen-bond acceptors (Lipinski definition) is 3. The number of rotatable bonds is 4. The third-order valence-electron chi connectivity index (χ3n) is 3.28.